The predicted molar refractivity (Wildman–Crippen MR) is 113 cm³/mol. The molecule has 6 heteroatoms. The summed E-state index contributed by atoms with van der Waals surface area (Å²) >= 11 is 0. The van der Waals surface area contributed by atoms with E-state index in [0.29, 0.717) is 22.9 Å². The van der Waals surface area contributed by atoms with Crippen molar-refractivity contribution in [1.82, 2.24) is 9.97 Å². The van der Waals surface area contributed by atoms with Crippen molar-refractivity contribution >= 4 is 11.6 Å². The van der Waals surface area contributed by atoms with Crippen molar-refractivity contribution in [3.05, 3.63) is 102 Å². The molecule has 30 heavy (non-hydrogen) atoms. The van der Waals surface area contributed by atoms with Crippen LogP contribution in [0.4, 0.5) is 10.1 Å². The second-order valence-electron chi connectivity index (χ2n) is 6.70. The number of hydrogen-bond acceptors (Lipinski definition) is 4. The Balaban J connectivity index is 1.50. The Morgan fingerprint density at radius 1 is 0.933 bits per heavy atom. The number of nitrogens with zero attached hydrogens (tertiary/aromatic N) is 2. The first-order chi connectivity index (χ1) is 14.6. The van der Waals surface area contributed by atoms with E-state index in [4.69, 9.17) is 4.74 Å². The third-order valence-electron chi connectivity index (χ3n) is 4.41. The lowest BCUT2D eigenvalue weighted by Crippen LogP contribution is -2.11. The van der Waals surface area contributed by atoms with E-state index in [1.807, 2.05) is 31.2 Å². The molecule has 1 N–H and O–H groups in total. The number of anilines is 1. The van der Waals surface area contributed by atoms with Gasteiger partial charge in [-0.25, -0.2) is 14.4 Å². The summed E-state index contributed by atoms with van der Waals surface area (Å²) in [7, 11) is 0. The third-order valence-corrected chi connectivity index (χ3v) is 4.41. The van der Waals surface area contributed by atoms with E-state index in [2.05, 4.69) is 15.3 Å². The number of rotatable bonds is 5. The number of halogens is 1. The number of ether oxygens (including phenoxy) is 1. The maximum absolute atomic E-state index is 13.1. The molecule has 5 nitrogen and oxygen atoms in total. The number of aromatic nitrogens is 2. The second-order valence-corrected chi connectivity index (χ2v) is 6.70. The van der Waals surface area contributed by atoms with Crippen LogP contribution in [0.3, 0.4) is 0 Å². The molecular weight excluding hydrogens is 381 g/mol. The summed E-state index contributed by atoms with van der Waals surface area (Å²) in [6.45, 7) is 1.99. The number of amides is 1. The van der Waals surface area contributed by atoms with Crippen LogP contribution < -0.4 is 10.1 Å². The summed E-state index contributed by atoms with van der Waals surface area (Å²) < 4.78 is 19.0. The van der Waals surface area contributed by atoms with E-state index < -0.39 is 0 Å². The summed E-state index contributed by atoms with van der Waals surface area (Å²) in [6, 6.07) is 22.1. The Hall–Kier alpha value is -4.06. The van der Waals surface area contributed by atoms with Crippen LogP contribution in [0.5, 0.6) is 11.6 Å². The van der Waals surface area contributed by atoms with Gasteiger partial charge in [0.25, 0.3) is 5.91 Å². The third kappa shape index (κ3) is 4.67. The number of hydrogen-bond donors (Lipinski definition) is 1. The molecule has 0 bridgehead atoms. The first kappa shape index (κ1) is 19.3. The van der Waals surface area contributed by atoms with E-state index in [1.165, 1.54) is 18.5 Å². The Bertz CT molecular complexity index is 1180. The van der Waals surface area contributed by atoms with Gasteiger partial charge in [-0.1, -0.05) is 23.8 Å². The van der Waals surface area contributed by atoms with E-state index in [0.717, 1.165) is 16.8 Å². The number of nitrogens with one attached hydrogen (secondary N) is 1. The maximum Gasteiger partial charge on any atom is 0.255 e. The summed E-state index contributed by atoms with van der Waals surface area (Å²) in [5.74, 6) is 0.236. The molecule has 0 atom stereocenters. The molecule has 1 heterocycles. The van der Waals surface area contributed by atoms with Crippen LogP contribution in [0.2, 0.25) is 0 Å². The molecule has 1 aromatic heterocycles. The molecule has 3 aromatic carbocycles. The van der Waals surface area contributed by atoms with Crippen LogP contribution in [0.25, 0.3) is 11.3 Å². The minimum absolute atomic E-state index is 0.237. The van der Waals surface area contributed by atoms with Crippen molar-refractivity contribution in [2.75, 3.05) is 5.32 Å². The van der Waals surface area contributed by atoms with E-state index in [-0.39, 0.29) is 11.7 Å². The number of carbonyl (C=O) groups excluding carboxylic acids is 1. The highest BCUT2D eigenvalue weighted by Crippen LogP contribution is 2.25. The molecule has 0 aliphatic carbocycles. The van der Waals surface area contributed by atoms with Crippen LogP contribution in [0.15, 0.2) is 85.2 Å². The summed E-state index contributed by atoms with van der Waals surface area (Å²) in [4.78, 5) is 20.9. The second kappa shape index (κ2) is 8.53. The zero-order valence-corrected chi connectivity index (χ0v) is 16.2. The minimum Gasteiger partial charge on any atom is -0.439 e. The molecule has 0 saturated heterocycles. The molecule has 0 saturated carbocycles. The minimum atomic E-state index is -0.315. The zero-order chi connectivity index (χ0) is 20.9. The molecular formula is C24H18FN3O2. The van der Waals surface area contributed by atoms with Gasteiger partial charge in [0.05, 0.1) is 5.69 Å². The van der Waals surface area contributed by atoms with Crippen LogP contribution in [-0.2, 0) is 0 Å². The van der Waals surface area contributed by atoms with Crippen LogP contribution >= 0.6 is 0 Å². The maximum atomic E-state index is 13.1. The molecule has 4 rings (SSSR count). The quantitative estimate of drug-likeness (QED) is 0.472. The van der Waals surface area contributed by atoms with Crippen LogP contribution in [-0.4, -0.2) is 15.9 Å². The Morgan fingerprint density at radius 2 is 1.70 bits per heavy atom. The molecule has 0 unspecified atom stereocenters. The highest BCUT2D eigenvalue weighted by Gasteiger charge is 2.09. The fraction of sp³-hybridized carbons (Fsp3) is 0.0417. The van der Waals surface area contributed by atoms with Gasteiger partial charge in [0.2, 0.25) is 5.88 Å². The van der Waals surface area contributed by atoms with Crippen molar-refractivity contribution < 1.29 is 13.9 Å². The van der Waals surface area contributed by atoms with Crippen LogP contribution in [0.1, 0.15) is 15.9 Å². The van der Waals surface area contributed by atoms with Gasteiger partial charge in [0.1, 0.15) is 17.9 Å². The van der Waals surface area contributed by atoms with Gasteiger partial charge in [-0.2, -0.15) is 0 Å². The van der Waals surface area contributed by atoms with Gasteiger partial charge < -0.3 is 10.1 Å². The van der Waals surface area contributed by atoms with Crippen molar-refractivity contribution in [2.45, 2.75) is 6.92 Å². The monoisotopic (exact) mass is 399 g/mol. The number of aryl methyl sites for hydroxylation is 1. The van der Waals surface area contributed by atoms with Gasteiger partial charge in [-0.15, -0.1) is 0 Å². The predicted octanol–water partition coefficient (Wildman–Crippen LogP) is 5.64. The molecule has 1 amide bonds. The number of carbonyl (C=O) groups is 1. The Kier molecular flexibility index (Phi) is 5.48. The van der Waals surface area contributed by atoms with Crippen molar-refractivity contribution in [3.8, 4) is 22.9 Å². The normalized spacial score (nSPS) is 10.5. The van der Waals surface area contributed by atoms with Crippen molar-refractivity contribution in [2.24, 2.45) is 0 Å². The number of benzene rings is 3. The molecule has 0 aliphatic heterocycles. The van der Waals surface area contributed by atoms with E-state index in [1.54, 1.807) is 42.5 Å². The fourth-order valence-corrected chi connectivity index (χ4v) is 2.84. The molecule has 4 aromatic rings. The molecule has 148 valence electrons. The lowest BCUT2D eigenvalue weighted by molar-refractivity contribution is 0.102. The standard InChI is InChI=1S/C24H18FN3O2/c1-16-5-11-20(12-6-16)28-24(29)18-3-2-4-21(13-18)30-23-14-22(26-15-27-23)17-7-9-19(25)10-8-17/h2-15H,1H3,(H,28,29). The summed E-state index contributed by atoms with van der Waals surface area (Å²) in [6.07, 6.45) is 1.38. The summed E-state index contributed by atoms with van der Waals surface area (Å²) in [5, 5.41) is 2.86. The highest BCUT2D eigenvalue weighted by molar-refractivity contribution is 6.04. The zero-order valence-electron chi connectivity index (χ0n) is 16.2. The molecule has 0 radical (unpaired) electrons. The van der Waals surface area contributed by atoms with Gasteiger partial charge in [-0.3, -0.25) is 4.79 Å². The van der Waals surface area contributed by atoms with Gasteiger partial charge >= 0.3 is 0 Å². The highest BCUT2D eigenvalue weighted by atomic mass is 19.1. The average molecular weight is 399 g/mol. The van der Waals surface area contributed by atoms with Crippen LogP contribution in [0, 0.1) is 12.7 Å². The molecule has 0 aliphatic rings. The van der Waals surface area contributed by atoms with Crippen molar-refractivity contribution in [1.29, 1.82) is 0 Å². The first-order valence-corrected chi connectivity index (χ1v) is 9.31. The molecule has 0 spiro atoms. The largest absolute Gasteiger partial charge is 0.439 e. The van der Waals surface area contributed by atoms with E-state index >= 15 is 0 Å². The topological polar surface area (TPSA) is 64.1 Å². The summed E-state index contributed by atoms with van der Waals surface area (Å²) in [5.41, 5.74) is 3.65. The lowest BCUT2D eigenvalue weighted by atomic mass is 10.1. The SMILES string of the molecule is Cc1ccc(NC(=O)c2cccc(Oc3cc(-c4ccc(F)cc4)ncn3)c2)cc1. The van der Waals surface area contributed by atoms with Crippen molar-refractivity contribution in [3.63, 3.8) is 0 Å². The first-order valence-electron chi connectivity index (χ1n) is 9.31. The molecule has 0 fully saturated rings. The van der Waals surface area contributed by atoms with E-state index in [9.17, 15) is 9.18 Å². The average Bonchev–Trinajstić information content (AvgIpc) is 2.76. The van der Waals surface area contributed by atoms with Gasteiger partial charge in [-0.05, 0) is 61.5 Å². The fourth-order valence-electron chi connectivity index (χ4n) is 2.84. The Morgan fingerprint density at radius 3 is 2.47 bits per heavy atom. The van der Waals surface area contributed by atoms with Gasteiger partial charge in [0.15, 0.2) is 0 Å². The smallest absolute Gasteiger partial charge is 0.255 e. The Labute approximate surface area is 173 Å². The lowest BCUT2D eigenvalue weighted by Gasteiger charge is -2.09. The van der Waals surface area contributed by atoms with Gasteiger partial charge in [0, 0.05) is 22.9 Å².